The highest BCUT2D eigenvalue weighted by Crippen LogP contribution is 2.26. The van der Waals surface area contributed by atoms with Gasteiger partial charge in [0.15, 0.2) is 23.0 Å². The number of urea groups is 1. The molecule has 2 atom stereocenters. The van der Waals surface area contributed by atoms with Crippen LogP contribution in [0.15, 0.2) is 48.5 Å². The summed E-state index contributed by atoms with van der Waals surface area (Å²) >= 11 is 0. The fraction of sp³-hybridized carbons (Fsp3) is 0.549. The minimum atomic E-state index is -0.754. The van der Waals surface area contributed by atoms with Crippen LogP contribution < -0.4 is 43.0 Å². The Morgan fingerprint density at radius 3 is 1.46 bits per heavy atom. The SMILES string of the molecule is NC(=O)c1nnc(N2CCC[C@@H](N)C2)nc1Nc1ccc(C(=O)N2CCOCC2)cc1.NC(=O)c1nnc(N2CCC[C@@H](NC(=O)N3CCC(N4CCCCC4)CC3)C2)nc1Nc1ccc(C(=O)N2CCOCC2)cc1. The van der Waals surface area contributed by atoms with E-state index in [2.05, 4.69) is 51.2 Å². The monoisotopic (exact) mass is 1050 g/mol. The highest BCUT2D eigenvalue weighted by Gasteiger charge is 2.31. The van der Waals surface area contributed by atoms with E-state index in [9.17, 15) is 24.0 Å². The van der Waals surface area contributed by atoms with Crippen molar-refractivity contribution in [2.45, 2.75) is 75.9 Å². The van der Waals surface area contributed by atoms with Crippen molar-refractivity contribution >= 4 is 64.6 Å². The quantitative estimate of drug-likeness (QED) is 0.118. The number of nitrogens with one attached hydrogen (secondary N) is 3. The summed E-state index contributed by atoms with van der Waals surface area (Å²) in [5.41, 5.74) is 19.4. The summed E-state index contributed by atoms with van der Waals surface area (Å²) < 4.78 is 10.6. The third kappa shape index (κ3) is 13.7. The number of primary amides is 2. The van der Waals surface area contributed by atoms with Gasteiger partial charge in [0.05, 0.1) is 26.4 Å². The molecule has 406 valence electrons. The molecular formula is C51H70N18O7. The van der Waals surface area contributed by atoms with Crippen molar-refractivity contribution in [2.24, 2.45) is 17.2 Å². The summed E-state index contributed by atoms with van der Waals surface area (Å²) in [5.74, 6) is -0.446. The molecule has 6 fully saturated rings. The lowest BCUT2D eigenvalue weighted by molar-refractivity contribution is 0.0301. The summed E-state index contributed by atoms with van der Waals surface area (Å²) in [6.07, 6.45) is 9.55. The van der Waals surface area contributed by atoms with Gasteiger partial charge in [-0.1, -0.05) is 6.42 Å². The van der Waals surface area contributed by atoms with Crippen LogP contribution in [0.1, 0.15) is 99.5 Å². The van der Waals surface area contributed by atoms with E-state index in [0.717, 1.165) is 58.2 Å². The van der Waals surface area contributed by atoms with Crippen LogP contribution in [0.5, 0.6) is 0 Å². The highest BCUT2D eigenvalue weighted by atomic mass is 16.5. The van der Waals surface area contributed by atoms with E-state index < -0.39 is 11.8 Å². The molecule has 0 saturated carbocycles. The normalized spacial score (nSPS) is 20.7. The Bertz CT molecular complexity index is 2640. The minimum Gasteiger partial charge on any atom is -0.378 e. The number of hydrogen-bond donors (Lipinski definition) is 6. The summed E-state index contributed by atoms with van der Waals surface area (Å²) in [7, 11) is 0. The molecule has 76 heavy (non-hydrogen) atoms. The summed E-state index contributed by atoms with van der Waals surface area (Å²) in [6.45, 7) is 11.0. The first-order valence-electron chi connectivity index (χ1n) is 26.6. The van der Waals surface area contributed by atoms with E-state index in [1.54, 1.807) is 58.3 Å². The second-order valence-corrected chi connectivity index (χ2v) is 20.0. The molecule has 0 spiro atoms. The third-order valence-corrected chi connectivity index (χ3v) is 14.6. The maximum absolute atomic E-state index is 13.2. The van der Waals surface area contributed by atoms with Crippen molar-refractivity contribution in [1.82, 2.24) is 55.3 Å². The Hall–Kier alpha value is -7.35. The average molecular weight is 1050 g/mol. The highest BCUT2D eigenvalue weighted by molar-refractivity contribution is 5.98. The van der Waals surface area contributed by atoms with Gasteiger partial charge in [0.25, 0.3) is 23.6 Å². The number of nitrogens with two attached hydrogens (primary N) is 3. The van der Waals surface area contributed by atoms with E-state index in [4.69, 9.17) is 26.7 Å². The van der Waals surface area contributed by atoms with Crippen LogP contribution >= 0.6 is 0 Å². The van der Waals surface area contributed by atoms with Gasteiger partial charge in [-0.2, -0.15) is 9.97 Å². The maximum Gasteiger partial charge on any atom is 0.317 e. The molecular weight excluding hydrogens is 977 g/mol. The number of benzene rings is 2. The molecule has 6 aliphatic rings. The average Bonchev–Trinajstić information content (AvgIpc) is 3.46. The molecule has 0 aliphatic carbocycles. The Morgan fingerprint density at radius 2 is 0.987 bits per heavy atom. The smallest absolute Gasteiger partial charge is 0.317 e. The van der Waals surface area contributed by atoms with E-state index in [0.29, 0.717) is 113 Å². The lowest BCUT2D eigenvalue weighted by Gasteiger charge is -2.41. The first-order valence-corrected chi connectivity index (χ1v) is 26.6. The third-order valence-electron chi connectivity index (χ3n) is 14.6. The second kappa shape index (κ2) is 25.5. The number of anilines is 6. The number of amides is 6. The topological polar surface area (TPSA) is 315 Å². The van der Waals surface area contributed by atoms with Gasteiger partial charge in [-0.05, 0) is 113 Å². The number of morpholine rings is 2. The predicted octanol–water partition coefficient (Wildman–Crippen LogP) is 1.93. The summed E-state index contributed by atoms with van der Waals surface area (Å²) in [6, 6.07) is 14.5. The molecule has 0 bridgehead atoms. The standard InChI is InChI=1S/C31H44N10O4.C20H26N8O3/c32-27(42)26-28(33-23-8-6-22(7-9-23)29(43)39-17-19-45-20-18-39)35-30(37-36-26)41-14-4-5-24(21-41)34-31(44)40-15-10-25(11-16-40)38-12-2-1-3-13-38;21-14-2-1-7-28(12-14)20-24-18(16(17(22)29)25-26-20)23-15-5-3-13(4-6-15)19(30)27-8-10-31-11-9-27/h6-9,24-25H,1-5,10-21H2,(H2,32,42)(H,34,44)(H,33,35,37);3-6,14H,1-2,7-12,21H2,(H2,22,29)(H,23,24,26)/t24-;14-/m11/s1. The van der Waals surface area contributed by atoms with E-state index in [1.165, 1.54) is 32.4 Å². The fourth-order valence-electron chi connectivity index (χ4n) is 10.4. The number of piperidine rings is 4. The van der Waals surface area contributed by atoms with E-state index in [-0.39, 0.29) is 53.0 Å². The molecule has 4 aromatic rings. The van der Waals surface area contributed by atoms with Gasteiger partial charge < -0.3 is 72.0 Å². The van der Waals surface area contributed by atoms with Crippen LogP contribution in [0.4, 0.5) is 39.7 Å². The number of nitrogens with zero attached hydrogens (tertiary/aromatic N) is 12. The number of likely N-dealkylation sites (tertiary alicyclic amines) is 2. The van der Waals surface area contributed by atoms with Crippen molar-refractivity contribution < 1.29 is 33.4 Å². The zero-order valence-electron chi connectivity index (χ0n) is 43.0. The fourth-order valence-corrected chi connectivity index (χ4v) is 10.4. The molecule has 2 aromatic carbocycles. The van der Waals surface area contributed by atoms with Gasteiger partial charge >= 0.3 is 6.03 Å². The molecule has 0 unspecified atom stereocenters. The maximum atomic E-state index is 13.2. The summed E-state index contributed by atoms with van der Waals surface area (Å²) in [4.78, 5) is 83.7. The van der Waals surface area contributed by atoms with Crippen LogP contribution in [-0.4, -0.2) is 203 Å². The summed E-state index contributed by atoms with van der Waals surface area (Å²) in [5, 5.41) is 25.8. The number of aromatic nitrogens is 6. The molecule has 6 saturated heterocycles. The number of ether oxygens (including phenoxy) is 2. The first-order chi connectivity index (χ1) is 36.9. The molecule has 9 N–H and O–H groups in total. The van der Waals surface area contributed by atoms with Crippen molar-refractivity contribution in [3.63, 3.8) is 0 Å². The number of hydrogen-bond acceptors (Lipinski definition) is 19. The van der Waals surface area contributed by atoms with E-state index >= 15 is 0 Å². The van der Waals surface area contributed by atoms with Crippen molar-refractivity contribution in [1.29, 1.82) is 0 Å². The van der Waals surface area contributed by atoms with Crippen LogP contribution in [0, 0.1) is 0 Å². The van der Waals surface area contributed by atoms with Gasteiger partial charge in [0, 0.05) is 106 Å². The molecule has 6 amide bonds. The Kier molecular flexibility index (Phi) is 17.9. The van der Waals surface area contributed by atoms with Crippen LogP contribution in [0.3, 0.4) is 0 Å². The molecule has 10 rings (SSSR count). The second-order valence-electron chi connectivity index (χ2n) is 20.0. The van der Waals surface area contributed by atoms with Gasteiger partial charge in [0.1, 0.15) is 0 Å². The largest absolute Gasteiger partial charge is 0.378 e. The van der Waals surface area contributed by atoms with Crippen molar-refractivity contribution in [2.75, 3.05) is 125 Å². The van der Waals surface area contributed by atoms with Crippen molar-refractivity contribution in [3.8, 4) is 0 Å². The number of carbonyl (C=O) groups is 5. The molecule has 25 nitrogen and oxygen atoms in total. The number of carbonyl (C=O) groups excluding carboxylic acids is 5. The van der Waals surface area contributed by atoms with Gasteiger partial charge in [0.2, 0.25) is 11.9 Å². The van der Waals surface area contributed by atoms with Crippen LogP contribution in [0.25, 0.3) is 0 Å². The first kappa shape index (κ1) is 53.5. The van der Waals surface area contributed by atoms with Gasteiger partial charge in [-0.3, -0.25) is 19.2 Å². The molecule has 6 aliphatic heterocycles. The Balaban J connectivity index is 0.000000199. The zero-order valence-corrected chi connectivity index (χ0v) is 43.0. The van der Waals surface area contributed by atoms with Gasteiger partial charge in [-0.15, -0.1) is 20.4 Å². The molecule has 0 radical (unpaired) electrons. The van der Waals surface area contributed by atoms with E-state index in [1.807, 2.05) is 14.7 Å². The Morgan fingerprint density at radius 1 is 0.513 bits per heavy atom. The van der Waals surface area contributed by atoms with Gasteiger partial charge in [-0.25, -0.2) is 4.79 Å². The lowest BCUT2D eigenvalue weighted by atomic mass is 10.00. The Labute approximate surface area is 441 Å². The van der Waals surface area contributed by atoms with Crippen LogP contribution in [0.2, 0.25) is 0 Å². The lowest BCUT2D eigenvalue weighted by Crippen LogP contribution is -2.55. The number of rotatable bonds is 12. The zero-order chi connectivity index (χ0) is 53.0. The minimum absolute atomic E-state index is 0.0139. The predicted molar refractivity (Wildman–Crippen MR) is 283 cm³/mol. The molecule has 25 heteroatoms. The molecule has 2 aromatic heterocycles. The van der Waals surface area contributed by atoms with Crippen molar-refractivity contribution in [3.05, 3.63) is 71.0 Å². The molecule has 8 heterocycles. The van der Waals surface area contributed by atoms with Crippen LogP contribution in [-0.2, 0) is 9.47 Å².